The molecule has 0 aromatic heterocycles. The Balaban J connectivity index is 1.54. The molecule has 10 heteroatoms. The molecule has 0 saturated carbocycles. The third-order valence-electron chi connectivity index (χ3n) is 5.44. The van der Waals surface area contributed by atoms with Crippen LogP contribution in [-0.4, -0.2) is 52.4 Å². The maximum atomic E-state index is 13.0. The largest absolute Gasteiger partial charge is 0.495 e. The highest BCUT2D eigenvalue weighted by molar-refractivity contribution is 7.90. The van der Waals surface area contributed by atoms with Gasteiger partial charge in [0.25, 0.3) is 10.0 Å². The van der Waals surface area contributed by atoms with E-state index >= 15 is 0 Å². The first-order valence-corrected chi connectivity index (χ1v) is 11.6. The lowest BCUT2D eigenvalue weighted by molar-refractivity contribution is -0.121. The number of nitrogens with one attached hydrogen (secondary N) is 1. The van der Waals surface area contributed by atoms with Gasteiger partial charge in [0.1, 0.15) is 16.4 Å². The fourth-order valence-corrected chi connectivity index (χ4v) is 5.36. The fraction of sp³-hybridized carbons (Fsp3) is 0.333. The number of halogens is 1. The lowest BCUT2D eigenvalue weighted by Gasteiger charge is -2.33. The Bertz CT molecular complexity index is 1170. The molecule has 164 valence electrons. The molecular weight excluding hydrogens is 442 g/mol. The molecule has 1 saturated heterocycles. The molecule has 1 amide bonds. The van der Waals surface area contributed by atoms with Gasteiger partial charge in [-0.15, -0.1) is 4.40 Å². The lowest BCUT2D eigenvalue weighted by atomic mass is 9.96. The number of anilines is 1. The van der Waals surface area contributed by atoms with Crippen molar-refractivity contribution < 1.29 is 22.7 Å². The highest BCUT2D eigenvalue weighted by atomic mass is 35.5. The molecule has 8 nitrogen and oxygen atoms in total. The summed E-state index contributed by atoms with van der Waals surface area (Å²) in [6, 6.07) is 9.95. The number of ether oxygens (including phenoxy) is 2. The number of sulfonamides is 1. The Morgan fingerprint density at radius 3 is 2.68 bits per heavy atom. The first-order valence-electron chi connectivity index (χ1n) is 9.75. The Kier molecular flexibility index (Phi) is 5.81. The molecule has 0 bridgehead atoms. The minimum Gasteiger partial charge on any atom is -0.495 e. The SMILES string of the molecule is COc1cc(OC)c(NC(=O)C2CCCN(C3=NS(=O)(=O)c4ccccc43)C2)cc1Cl. The Morgan fingerprint density at radius 2 is 1.94 bits per heavy atom. The number of benzene rings is 2. The van der Waals surface area contributed by atoms with E-state index in [0.717, 1.165) is 6.42 Å². The normalized spacial score (nSPS) is 19.4. The molecule has 2 aromatic rings. The number of methoxy groups -OCH3 is 2. The van der Waals surface area contributed by atoms with Crippen molar-refractivity contribution >= 4 is 39.1 Å². The summed E-state index contributed by atoms with van der Waals surface area (Å²) in [5, 5.41) is 3.23. The maximum Gasteiger partial charge on any atom is 0.285 e. The van der Waals surface area contributed by atoms with Crippen molar-refractivity contribution in [1.29, 1.82) is 0 Å². The van der Waals surface area contributed by atoms with Crippen LogP contribution in [0.5, 0.6) is 11.5 Å². The van der Waals surface area contributed by atoms with Crippen molar-refractivity contribution in [3.05, 3.63) is 47.0 Å². The molecule has 31 heavy (non-hydrogen) atoms. The van der Waals surface area contributed by atoms with Crippen LogP contribution in [0.15, 0.2) is 45.7 Å². The van der Waals surface area contributed by atoms with E-state index in [4.69, 9.17) is 21.1 Å². The third-order valence-corrected chi connectivity index (χ3v) is 7.06. The second kappa shape index (κ2) is 8.39. The van der Waals surface area contributed by atoms with Crippen LogP contribution in [0.25, 0.3) is 0 Å². The van der Waals surface area contributed by atoms with Gasteiger partial charge in [0, 0.05) is 24.7 Å². The number of fused-ring (bicyclic) bond motifs is 1. The van der Waals surface area contributed by atoms with Crippen LogP contribution in [0.3, 0.4) is 0 Å². The van der Waals surface area contributed by atoms with Gasteiger partial charge < -0.3 is 19.7 Å². The average Bonchev–Trinajstić information content (AvgIpc) is 3.05. The Morgan fingerprint density at radius 1 is 1.19 bits per heavy atom. The number of nitrogens with zero attached hydrogens (tertiary/aromatic N) is 2. The van der Waals surface area contributed by atoms with Crippen LogP contribution in [0.1, 0.15) is 18.4 Å². The molecule has 2 aromatic carbocycles. The van der Waals surface area contributed by atoms with Gasteiger partial charge in [-0.2, -0.15) is 8.42 Å². The molecule has 2 aliphatic heterocycles. The number of carbonyl (C=O) groups excluding carboxylic acids is 1. The third kappa shape index (κ3) is 4.07. The Labute approximate surface area is 185 Å². The molecule has 1 fully saturated rings. The summed E-state index contributed by atoms with van der Waals surface area (Å²) in [6.07, 6.45) is 1.41. The van der Waals surface area contributed by atoms with E-state index in [1.165, 1.54) is 14.2 Å². The Hall–Kier alpha value is -2.78. The van der Waals surface area contributed by atoms with E-state index in [9.17, 15) is 13.2 Å². The molecule has 0 aliphatic carbocycles. The number of piperidine rings is 1. The lowest BCUT2D eigenvalue weighted by Crippen LogP contribution is -2.43. The molecule has 0 radical (unpaired) electrons. The van der Waals surface area contributed by atoms with Crippen LogP contribution in [0.2, 0.25) is 5.02 Å². The molecular formula is C21H22ClN3O5S. The summed E-state index contributed by atoms with van der Waals surface area (Å²) < 4.78 is 39.3. The maximum absolute atomic E-state index is 13.0. The number of likely N-dealkylation sites (tertiary alicyclic amines) is 1. The van der Waals surface area contributed by atoms with Crippen LogP contribution >= 0.6 is 11.6 Å². The molecule has 1 unspecified atom stereocenters. The van der Waals surface area contributed by atoms with Crippen molar-refractivity contribution in [3.8, 4) is 11.5 Å². The van der Waals surface area contributed by atoms with Crippen molar-refractivity contribution in [2.24, 2.45) is 10.3 Å². The van der Waals surface area contributed by atoms with E-state index in [0.29, 0.717) is 53.1 Å². The van der Waals surface area contributed by atoms with E-state index in [2.05, 4.69) is 9.71 Å². The number of amidine groups is 1. The van der Waals surface area contributed by atoms with E-state index in [1.807, 2.05) is 4.90 Å². The minimum absolute atomic E-state index is 0.195. The topological polar surface area (TPSA) is 97.3 Å². The number of hydrogen-bond donors (Lipinski definition) is 1. The number of hydrogen-bond acceptors (Lipinski definition) is 6. The fourth-order valence-electron chi connectivity index (χ4n) is 3.89. The number of rotatable bonds is 4. The van der Waals surface area contributed by atoms with Gasteiger partial charge in [-0.1, -0.05) is 23.7 Å². The van der Waals surface area contributed by atoms with Crippen molar-refractivity contribution in [1.82, 2.24) is 4.90 Å². The van der Waals surface area contributed by atoms with Gasteiger partial charge in [0.05, 0.1) is 30.8 Å². The second-order valence-corrected chi connectivity index (χ2v) is 9.33. The summed E-state index contributed by atoms with van der Waals surface area (Å²) in [6.45, 7) is 0.991. The highest BCUT2D eigenvalue weighted by Gasteiger charge is 2.35. The van der Waals surface area contributed by atoms with Gasteiger partial charge in [-0.3, -0.25) is 4.79 Å². The highest BCUT2D eigenvalue weighted by Crippen LogP contribution is 2.36. The molecule has 4 rings (SSSR count). The monoisotopic (exact) mass is 463 g/mol. The summed E-state index contributed by atoms with van der Waals surface area (Å²) in [5.41, 5.74) is 1.02. The van der Waals surface area contributed by atoms with Crippen molar-refractivity contribution in [2.45, 2.75) is 17.7 Å². The molecule has 2 heterocycles. The molecule has 2 aliphatic rings. The van der Waals surface area contributed by atoms with Gasteiger partial charge >= 0.3 is 0 Å². The van der Waals surface area contributed by atoms with Gasteiger partial charge in [-0.05, 0) is 31.0 Å². The minimum atomic E-state index is -3.71. The van der Waals surface area contributed by atoms with E-state index in [-0.39, 0.29) is 16.7 Å². The van der Waals surface area contributed by atoms with Gasteiger partial charge in [-0.25, -0.2) is 0 Å². The molecule has 1 atom stereocenters. The van der Waals surface area contributed by atoms with Crippen LogP contribution in [0, 0.1) is 5.92 Å². The summed E-state index contributed by atoms with van der Waals surface area (Å²) in [4.78, 5) is 15.1. The quantitative estimate of drug-likeness (QED) is 0.748. The number of amides is 1. The first kappa shape index (κ1) is 21.5. The van der Waals surface area contributed by atoms with Crippen LogP contribution in [0.4, 0.5) is 5.69 Å². The van der Waals surface area contributed by atoms with Crippen molar-refractivity contribution in [3.63, 3.8) is 0 Å². The predicted molar refractivity (Wildman–Crippen MR) is 118 cm³/mol. The smallest absolute Gasteiger partial charge is 0.285 e. The molecule has 0 spiro atoms. The van der Waals surface area contributed by atoms with E-state index in [1.54, 1.807) is 36.4 Å². The standard InChI is InChI=1S/C21H22ClN3O5S/c1-29-17-11-18(30-2)16(10-15(17)22)23-21(26)13-6-5-9-25(12-13)20-14-7-3-4-8-19(14)31(27,28)24-20/h3-4,7-8,10-11,13H,5-6,9,12H2,1-2H3,(H,23,26). The van der Waals surface area contributed by atoms with Crippen LogP contribution in [-0.2, 0) is 14.8 Å². The van der Waals surface area contributed by atoms with Gasteiger partial charge in [0.15, 0.2) is 5.84 Å². The second-order valence-electron chi connectivity index (χ2n) is 7.35. The summed E-state index contributed by atoms with van der Waals surface area (Å²) >= 11 is 6.20. The number of carbonyl (C=O) groups is 1. The van der Waals surface area contributed by atoms with Crippen molar-refractivity contribution in [2.75, 3.05) is 32.6 Å². The van der Waals surface area contributed by atoms with Gasteiger partial charge in [0.2, 0.25) is 5.91 Å². The zero-order valence-corrected chi connectivity index (χ0v) is 18.7. The summed E-state index contributed by atoms with van der Waals surface area (Å²) in [5.74, 6) is 0.733. The average molecular weight is 464 g/mol. The van der Waals surface area contributed by atoms with E-state index < -0.39 is 10.0 Å². The first-order chi connectivity index (χ1) is 14.8. The molecule has 1 N–H and O–H groups in total. The predicted octanol–water partition coefficient (Wildman–Crippen LogP) is 3.16. The summed E-state index contributed by atoms with van der Waals surface area (Å²) in [7, 11) is -0.712. The zero-order valence-electron chi connectivity index (χ0n) is 17.1. The van der Waals surface area contributed by atoms with Crippen LogP contribution < -0.4 is 14.8 Å². The zero-order chi connectivity index (χ0) is 22.2.